The minimum absolute atomic E-state index is 0.0239. The molecular weight excluding hydrogens is 342 g/mol. The topological polar surface area (TPSA) is 57.6 Å². The second kappa shape index (κ2) is 6.56. The van der Waals surface area contributed by atoms with Gasteiger partial charge in [0.2, 0.25) is 10.0 Å². The number of piperidine rings is 1. The second-order valence-corrected chi connectivity index (χ2v) is 7.93. The second-order valence-electron chi connectivity index (χ2n) is 5.19. The molecule has 6 heteroatoms. The van der Waals surface area contributed by atoms with E-state index in [4.69, 9.17) is 5.11 Å². The van der Waals surface area contributed by atoms with Crippen LogP contribution in [0.5, 0.6) is 0 Å². The first-order valence-electron chi connectivity index (χ1n) is 6.85. The molecule has 0 aromatic heterocycles. The molecule has 4 nitrogen and oxygen atoms in total. The first-order chi connectivity index (χ1) is 9.46. The zero-order valence-corrected chi connectivity index (χ0v) is 14.0. The van der Waals surface area contributed by atoms with Gasteiger partial charge in [-0.05, 0) is 49.9 Å². The highest BCUT2D eigenvalue weighted by atomic mass is 79.9. The third-order valence-corrected chi connectivity index (χ3v) is 6.61. The Hall–Kier alpha value is -0.430. The zero-order valence-electron chi connectivity index (χ0n) is 11.5. The van der Waals surface area contributed by atoms with E-state index in [1.54, 1.807) is 22.5 Å². The molecule has 1 saturated heterocycles. The van der Waals surface area contributed by atoms with Crippen molar-refractivity contribution >= 4 is 26.0 Å². The van der Waals surface area contributed by atoms with Crippen molar-refractivity contribution in [2.24, 2.45) is 0 Å². The molecule has 20 heavy (non-hydrogen) atoms. The van der Waals surface area contributed by atoms with Gasteiger partial charge in [-0.3, -0.25) is 0 Å². The minimum Gasteiger partial charge on any atom is -0.396 e. The molecule has 0 saturated carbocycles. The molecule has 0 spiro atoms. The normalized spacial score (nSPS) is 21.1. The Balaban J connectivity index is 2.34. The van der Waals surface area contributed by atoms with Gasteiger partial charge < -0.3 is 5.11 Å². The molecule has 1 unspecified atom stereocenters. The van der Waals surface area contributed by atoms with Crippen LogP contribution >= 0.6 is 15.9 Å². The van der Waals surface area contributed by atoms with Crippen molar-refractivity contribution in [2.75, 3.05) is 13.2 Å². The predicted molar refractivity (Wildman–Crippen MR) is 82.1 cm³/mol. The van der Waals surface area contributed by atoms with Gasteiger partial charge in [0, 0.05) is 23.7 Å². The van der Waals surface area contributed by atoms with Gasteiger partial charge in [0.05, 0.1) is 4.90 Å². The van der Waals surface area contributed by atoms with Gasteiger partial charge in [-0.15, -0.1) is 0 Å². The van der Waals surface area contributed by atoms with Crippen molar-refractivity contribution in [1.82, 2.24) is 4.31 Å². The molecule has 0 radical (unpaired) electrons. The number of hydrogen-bond acceptors (Lipinski definition) is 3. The fraction of sp³-hybridized carbons (Fsp3) is 0.571. The van der Waals surface area contributed by atoms with Crippen LogP contribution in [0.3, 0.4) is 0 Å². The number of nitrogens with zero attached hydrogens (tertiary/aromatic N) is 1. The maximum atomic E-state index is 12.8. The first kappa shape index (κ1) is 15.9. The molecule has 1 aromatic carbocycles. The molecular formula is C14H20BrNO3S. The van der Waals surface area contributed by atoms with E-state index in [0.717, 1.165) is 29.3 Å². The number of rotatable bonds is 4. The lowest BCUT2D eigenvalue weighted by Crippen LogP contribution is -2.44. The maximum Gasteiger partial charge on any atom is 0.243 e. The Morgan fingerprint density at radius 1 is 1.40 bits per heavy atom. The van der Waals surface area contributed by atoms with Crippen molar-refractivity contribution in [2.45, 2.75) is 43.5 Å². The molecule has 1 atom stereocenters. The average Bonchev–Trinajstić information content (AvgIpc) is 2.42. The first-order valence-corrected chi connectivity index (χ1v) is 9.09. The Morgan fingerprint density at radius 3 is 2.80 bits per heavy atom. The zero-order chi connectivity index (χ0) is 14.8. The highest BCUT2D eigenvalue weighted by Crippen LogP contribution is 2.28. The summed E-state index contributed by atoms with van der Waals surface area (Å²) >= 11 is 3.39. The maximum absolute atomic E-state index is 12.8. The highest BCUT2D eigenvalue weighted by molar-refractivity contribution is 9.10. The molecule has 1 aliphatic heterocycles. The fourth-order valence-corrected chi connectivity index (χ4v) is 4.70. The molecule has 1 fully saturated rings. The van der Waals surface area contributed by atoms with Crippen LogP contribution in [0.2, 0.25) is 0 Å². The van der Waals surface area contributed by atoms with Crippen molar-refractivity contribution in [3.8, 4) is 0 Å². The number of benzene rings is 1. The lowest BCUT2D eigenvalue weighted by molar-refractivity contribution is 0.192. The molecule has 1 heterocycles. The van der Waals surface area contributed by atoms with E-state index in [-0.39, 0.29) is 12.6 Å². The van der Waals surface area contributed by atoms with Gasteiger partial charge in [0.1, 0.15) is 0 Å². The summed E-state index contributed by atoms with van der Waals surface area (Å²) in [5, 5.41) is 9.13. The average molecular weight is 362 g/mol. The number of aryl methyl sites for hydroxylation is 1. The summed E-state index contributed by atoms with van der Waals surface area (Å²) in [5.74, 6) is 0. The van der Waals surface area contributed by atoms with Crippen LogP contribution in [0, 0.1) is 6.92 Å². The molecule has 1 aliphatic rings. The molecule has 0 aliphatic carbocycles. The van der Waals surface area contributed by atoms with Gasteiger partial charge in [-0.25, -0.2) is 8.42 Å². The Morgan fingerprint density at radius 2 is 2.15 bits per heavy atom. The number of aliphatic hydroxyl groups is 1. The number of sulfonamides is 1. The van der Waals surface area contributed by atoms with E-state index in [1.807, 2.05) is 6.92 Å². The minimum atomic E-state index is -3.47. The Bertz CT molecular complexity index is 572. The predicted octanol–water partition coefficient (Wildman–Crippen LogP) is 2.68. The van der Waals surface area contributed by atoms with Gasteiger partial charge >= 0.3 is 0 Å². The highest BCUT2D eigenvalue weighted by Gasteiger charge is 2.33. The fourth-order valence-electron chi connectivity index (χ4n) is 2.64. The van der Waals surface area contributed by atoms with Crippen molar-refractivity contribution in [1.29, 1.82) is 0 Å². The summed E-state index contributed by atoms with van der Waals surface area (Å²) in [4.78, 5) is 0.336. The van der Waals surface area contributed by atoms with Crippen LogP contribution in [-0.4, -0.2) is 37.0 Å². The molecule has 1 aromatic rings. The van der Waals surface area contributed by atoms with Crippen LogP contribution in [0.1, 0.15) is 31.2 Å². The van der Waals surface area contributed by atoms with Crippen LogP contribution in [-0.2, 0) is 10.0 Å². The Kier molecular flexibility index (Phi) is 5.23. The summed E-state index contributed by atoms with van der Waals surface area (Å²) in [6, 6.07) is 5.02. The summed E-state index contributed by atoms with van der Waals surface area (Å²) in [7, 11) is -3.47. The summed E-state index contributed by atoms with van der Waals surface area (Å²) < 4.78 is 28.0. The molecule has 0 amide bonds. The number of halogens is 1. The van der Waals surface area contributed by atoms with E-state index in [9.17, 15) is 8.42 Å². The van der Waals surface area contributed by atoms with Crippen LogP contribution in [0.15, 0.2) is 27.6 Å². The van der Waals surface area contributed by atoms with Crippen LogP contribution in [0.4, 0.5) is 0 Å². The summed E-state index contributed by atoms with van der Waals surface area (Å²) in [6.45, 7) is 2.45. The lowest BCUT2D eigenvalue weighted by atomic mass is 10.0. The van der Waals surface area contributed by atoms with E-state index < -0.39 is 10.0 Å². The van der Waals surface area contributed by atoms with Gasteiger partial charge in [0.15, 0.2) is 0 Å². The molecule has 0 bridgehead atoms. The smallest absolute Gasteiger partial charge is 0.243 e. The van der Waals surface area contributed by atoms with E-state index in [0.29, 0.717) is 17.9 Å². The SMILES string of the molecule is Cc1cc(S(=O)(=O)N2CCCCC2CCO)ccc1Br. The van der Waals surface area contributed by atoms with Gasteiger partial charge in [0.25, 0.3) is 0 Å². The van der Waals surface area contributed by atoms with Gasteiger partial charge in [-0.1, -0.05) is 22.4 Å². The number of hydrogen-bond donors (Lipinski definition) is 1. The molecule has 1 N–H and O–H groups in total. The standard InChI is InChI=1S/C14H20BrNO3S/c1-11-10-13(5-6-14(11)15)20(18,19)16-8-3-2-4-12(16)7-9-17/h5-6,10,12,17H,2-4,7-9H2,1H3. The van der Waals surface area contributed by atoms with Crippen molar-refractivity contribution in [3.63, 3.8) is 0 Å². The van der Waals surface area contributed by atoms with Crippen LogP contribution < -0.4 is 0 Å². The van der Waals surface area contributed by atoms with Gasteiger partial charge in [-0.2, -0.15) is 4.31 Å². The van der Waals surface area contributed by atoms with E-state index in [1.165, 1.54) is 0 Å². The van der Waals surface area contributed by atoms with Crippen LogP contribution in [0.25, 0.3) is 0 Å². The third-order valence-electron chi connectivity index (χ3n) is 3.77. The third kappa shape index (κ3) is 3.24. The number of aliphatic hydroxyl groups excluding tert-OH is 1. The molecule has 2 rings (SSSR count). The van der Waals surface area contributed by atoms with Crippen molar-refractivity contribution < 1.29 is 13.5 Å². The lowest BCUT2D eigenvalue weighted by Gasteiger charge is -2.34. The Labute approximate surface area is 129 Å². The quantitative estimate of drug-likeness (QED) is 0.896. The largest absolute Gasteiger partial charge is 0.396 e. The van der Waals surface area contributed by atoms with Crippen molar-refractivity contribution in [3.05, 3.63) is 28.2 Å². The summed E-state index contributed by atoms with van der Waals surface area (Å²) in [5.41, 5.74) is 0.904. The monoisotopic (exact) mass is 361 g/mol. The van der Waals surface area contributed by atoms with E-state index >= 15 is 0 Å². The summed E-state index contributed by atoms with van der Waals surface area (Å²) in [6.07, 6.45) is 3.25. The molecule has 112 valence electrons. The van der Waals surface area contributed by atoms with E-state index in [2.05, 4.69) is 15.9 Å².